The van der Waals surface area contributed by atoms with E-state index in [0.29, 0.717) is 10.8 Å². The predicted octanol–water partition coefficient (Wildman–Crippen LogP) is 8.56. The molecule has 0 atom stereocenters. The highest BCUT2D eigenvalue weighted by molar-refractivity contribution is 9.10. The number of rotatable bonds is 4. The van der Waals surface area contributed by atoms with Gasteiger partial charge in [-0.05, 0) is 42.0 Å². The van der Waals surface area contributed by atoms with Crippen LogP contribution in [0.4, 0.5) is 0 Å². The summed E-state index contributed by atoms with van der Waals surface area (Å²) in [5, 5.41) is 0.686. The Morgan fingerprint density at radius 1 is 0.500 bits per heavy atom. The lowest BCUT2D eigenvalue weighted by atomic mass is 9.94. The second-order valence-electron chi connectivity index (χ2n) is 7.37. The van der Waals surface area contributed by atoms with Crippen LogP contribution in [0.1, 0.15) is 0 Å². The van der Waals surface area contributed by atoms with E-state index < -0.39 is 0 Å². The second-order valence-corrected chi connectivity index (χ2v) is 8.72. The Morgan fingerprint density at radius 3 is 1.53 bits per heavy atom. The topological polar surface area (TPSA) is 25.8 Å². The van der Waals surface area contributed by atoms with Gasteiger partial charge in [0.1, 0.15) is 0 Å². The Balaban J connectivity index is 1.86. The van der Waals surface area contributed by atoms with E-state index in [-0.39, 0.29) is 0 Å². The third-order valence-electron chi connectivity index (χ3n) is 5.24. The van der Waals surface area contributed by atoms with Crippen LogP contribution in [-0.4, -0.2) is 9.97 Å². The van der Waals surface area contributed by atoms with Crippen LogP contribution in [0.3, 0.4) is 0 Å². The molecule has 5 aromatic rings. The molecule has 0 aliphatic rings. The molecular weight excluding hydrogens is 480 g/mol. The summed E-state index contributed by atoms with van der Waals surface area (Å²) in [7, 11) is 0. The van der Waals surface area contributed by atoms with Gasteiger partial charge in [0.05, 0.1) is 11.4 Å². The molecule has 0 aliphatic heterocycles. The van der Waals surface area contributed by atoms with Crippen LogP contribution in [-0.2, 0) is 0 Å². The molecule has 0 bridgehead atoms. The molecule has 0 aliphatic carbocycles. The van der Waals surface area contributed by atoms with Crippen LogP contribution in [0.25, 0.3) is 45.0 Å². The molecule has 1 heterocycles. The fourth-order valence-electron chi connectivity index (χ4n) is 3.69. The Kier molecular flexibility index (Phi) is 5.85. The van der Waals surface area contributed by atoms with Crippen molar-refractivity contribution >= 4 is 27.5 Å². The highest BCUT2D eigenvalue weighted by atomic mass is 79.9. The van der Waals surface area contributed by atoms with Gasteiger partial charge < -0.3 is 0 Å². The average molecular weight is 498 g/mol. The van der Waals surface area contributed by atoms with Crippen molar-refractivity contribution in [2.75, 3.05) is 0 Å². The quantitative estimate of drug-likeness (QED) is 0.248. The lowest BCUT2D eigenvalue weighted by Crippen LogP contribution is -2.00. The van der Waals surface area contributed by atoms with Gasteiger partial charge in [-0.3, -0.25) is 0 Å². The number of hydrogen-bond donors (Lipinski definition) is 0. The molecular formula is C28H18BrClN2. The van der Waals surface area contributed by atoms with Crippen LogP contribution in [0.2, 0.25) is 5.02 Å². The molecule has 0 saturated carbocycles. The fraction of sp³-hybridized carbons (Fsp3) is 0. The first-order valence-corrected chi connectivity index (χ1v) is 11.4. The van der Waals surface area contributed by atoms with Crippen LogP contribution in [0, 0.1) is 0 Å². The summed E-state index contributed by atoms with van der Waals surface area (Å²) in [6.07, 6.45) is 0. The van der Waals surface area contributed by atoms with Crippen LogP contribution >= 0.6 is 27.5 Å². The molecule has 0 saturated heterocycles. The SMILES string of the molecule is Clc1ccc(-c2nc(-c3ccccc3)c(-c3ccccc3)c(-c3ccc(Br)cc3)n2)cc1. The number of halogens is 2. The zero-order valence-electron chi connectivity index (χ0n) is 17.0. The first-order valence-electron chi connectivity index (χ1n) is 10.2. The zero-order valence-corrected chi connectivity index (χ0v) is 19.4. The third-order valence-corrected chi connectivity index (χ3v) is 6.02. The molecule has 0 fully saturated rings. The molecule has 4 aromatic carbocycles. The van der Waals surface area contributed by atoms with E-state index in [1.165, 1.54) is 0 Å². The second kappa shape index (κ2) is 9.07. The Bertz CT molecular complexity index is 1350. The molecule has 4 heteroatoms. The largest absolute Gasteiger partial charge is 0.227 e. The number of hydrogen-bond acceptors (Lipinski definition) is 2. The maximum absolute atomic E-state index is 6.13. The molecule has 0 amide bonds. The zero-order chi connectivity index (χ0) is 21.9. The highest BCUT2D eigenvalue weighted by Crippen LogP contribution is 2.39. The van der Waals surface area contributed by atoms with Crippen molar-refractivity contribution in [3.8, 4) is 45.0 Å². The van der Waals surface area contributed by atoms with Gasteiger partial charge in [0.2, 0.25) is 0 Å². The average Bonchev–Trinajstić information content (AvgIpc) is 2.85. The normalized spacial score (nSPS) is 10.8. The summed E-state index contributed by atoms with van der Waals surface area (Å²) in [6.45, 7) is 0. The molecule has 32 heavy (non-hydrogen) atoms. The minimum Gasteiger partial charge on any atom is -0.227 e. The smallest absolute Gasteiger partial charge is 0.160 e. The number of benzene rings is 4. The summed E-state index contributed by atoms with van der Waals surface area (Å²) in [5.74, 6) is 0.665. The predicted molar refractivity (Wildman–Crippen MR) is 136 cm³/mol. The Labute approximate surface area is 200 Å². The van der Waals surface area contributed by atoms with Crippen molar-refractivity contribution in [2.24, 2.45) is 0 Å². The lowest BCUT2D eigenvalue weighted by Gasteiger charge is -2.17. The lowest BCUT2D eigenvalue weighted by molar-refractivity contribution is 1.18. The first kappa shape index (κ1) is 20.6. The minimum absolute atomic E-state index is 0.665. The van der Waals surface area contributed by atoms with Crippen molar-refractivity contribution in [1.29, 1.82) is 0 Å². The van der Waals surface area contributed by atoms with Crippen molar-refractivity contribution in [3.05, 3.63) is 119 Å². The summed E-state index contributed by atoms with van der Waals surface area (Å²) >= 11 is 9.67. The fourth-order valence-corrected chi connectivity index (χ4v) is 4.08. The van der Waals surface area contributed by atoms with Crippen LogP contribution < -0.4 is 0 Å². The molecule has 154 valence electrons. The van der Waals surface area contributed by atoms with Crippen molar-refractivity contribution in [1.82, 2.24) is 9.97 Å². The van der Waals surface area contributed by atoms with Gasteiger partial charge in [-0.25, -0.2) is 9.97 Å². The molecule has 2 nitrogen and oxygen atoms in total. The van der Waals surface area contributed by atoms with Gasteiger partial charge in [-0.2, -0.15) is 0 Å². The maximum atomic E-state index is 6.13. The Morgan fingerprint density at radius 2 is 0.969 bits per heavy atom. The summed E-state index contributed by atoms with van der Waals surface area (Å²) in [4.78, 5) is 10.1. The van der Waals surface area contributed by atoms with Gasteiger partial charge >= 0.3 is 0 Å². The molecule has 1 aromatic heterocycles. The Hall–Kier alpha value is -3.27. The van der Waals surface area contributed by atoms with Gasteiger partial charge in [0.25, 0.3) is 0 Å². The van der Waals surface area contributed by atoms with E-state index in [4.69, 9.17) is 21.6 Å². The standard InChI is InChI=1S/C28H18BrClN2/c29-23-15-11-21(12-16-23)27-25(19-7-3-1-4-8-19)26(20-9-5-2-6-10-20)31-28(32-27)22-13-17-24(30)18-14-22/h1-18H. The van der Waals surface area contributed by atoms with E-state index >= 15 is 0 Å². The van der Waals surface area contributed by atoms with E-state index in [1.807, 2.05) is 72.8 Å². The van der Waals surface area contributed by atoms with Gasteiger partial charge in [-0.1, -0.05) is 100 Å². The summed E-state index contributed by atoms with van der Waals surface area (Å²) in [6, 6.07) is 36.5. The highest BCUT2D eigenvalue weighted by Gasteiger charge is 2.19. The summed E-state index contributed by atoms with van der Waals surface area (Å²) in [5.41, 5.74) is 6.87. The molecule has 0 unspecified atom stereocenters. The van der Waals surface area contributed by atoms with Gasteiger partial charge in [0, 0.05) is 31.7 Å². The van der Waals surface area contributed by atoms with Crippen molar-refractivity contribution in [3.63, 3.8) is 0 Å². The monoisotopic (exact) mass is 496 g/mol. The molecule has 0 radical (unpaired) electrons. The number of aromatic nitrogens is 2. The van der Waals surface area contributed by atoms with Crippen molar-refractivity contribution in [2.45, 2.75) is 0 Å². The molecule has 0 N–H and O–H groups in total. The van der Waals surface area contributed by atoms with E-state index in [9.17, 15) is 0 Å². The first-order chi connectivity index (χ1) is 15.7. The molecule has 5 rings (SSSR count). The van der Waals surface area contributed by atoms with Crippen LogP contribution in [0.5, 0.6) is 0 Å². The molecule has 0 spiro atoms. The van der Waals surface area contributed by atoms with E-state index in [2.05, 4.69) is 52.3 Å². The van der Waals surface area contributed by atoms with Crippen LogP contribution in [0.15, 0.2) is 114 Å². The minimum atomic E-state index is 0.665. The van der Waals surface area contributed by atoms with Gasteiger partial charge in [0.15, 0.2) is 5.82 Å². The summed E-state index contributed by atoms with van der Waals surface area (Å²) < 4.78 is 1.03. The van der Waals surface area contributed by atoms with E-state index in [0.717, 1.165) is 43.7 Å². The van der Waals surface area contributed by atoms with E-state index in [1.54, 1.807) is 0 Å². The number of nitrogens with zero attached hydrogens (tertiary/aromatic N) is 2. The van der Waals surface area contributed by atoms with Gasteiger partial charge in [-0.15, -0.1) is 0 Å². The van der Waals surface area contributed by atoms with Crippen molar-refractivity contribution < 1.29 is 0 Å². The third kappa shape index (κ3) is 4.22. The maximum Gasteiger partial charge on any atom is 0.160 e.